The quantitative estimate of drug-likeness (QED) is 0.896. The zero-order valence-corrected chi connectivity index (χ0v) is 13.7. The van der Waals surface area contributed by atoms with Gasteiger partial charge >= 0.3 is 0 Å². The van der Waals surface area contributed by atoms with Crippen LogP contribution in [0.3, 0.4) is 0 Å². The fourth-order valence-corrected chi connectivity index (χ4v) is 2.83. The van der Waals surface area contributed by atoms with Gasteiger partial charge in [-0.25, -0.2) is 4.39 Å². The number of hydrogen-bond donors (Lipinski definition) is 1. The predicted molar refractivity (Wildman–Crippen MR) is 86.4 cm³/mol. The average Bonchev–Trinajstić information content (AvgIpc) is 2.75. The molecule has 1 aromatic rings. The van der Waals surface area contributed by atoms with Gasteiger partial charge in [0.05, 0.1) is 5.92 Å². The standard InChI is InChI=1S/C17H24FN3O2/c1-19-17(23)14-11-20(2)9-10-21(12-14)16(22)8-5-13-3-6-15(18)7-4-13/h3-4,6-7,14H,5,8-12H2,1-2H3,(H,19,23)/t14-/m1/s1. The van der Waals surface area contributed by atoms with Crippen molar-refractivity contribution in [3.05, 3.63) is 35.6 Å². The molecule has 0 aromatic heterocycles. The van der Waals surface area contributed by atoms with Crippen molar-refractivity contribution in [3.8, 4) is 0 Å². The highest BCUT2D eigenvalue weighted by Gasteiger charge is 2.28. The molecule has 0 aliphatic carbocycles. The Morgan fingerprint density at radius 2 is 1.91 bits per heavy atom. The minimum Gasteiger partial charge on any atom is -0.359 e. The summed E-state index contributed by atoms with van der Waals surface area (Å²) in [5.41, 5.74) is 0.939. The van der Waals surface area contributed by atoms with E-state index in [1.54, 1.807) is 24.1 Å². The van der Waals surface area contributed by atoms with Gasteiger partial charge in [0.1, 0.15) is 5.82 Å². The molecular weight excluding hydrogens is 297 g/mol. The predicted octanol–water partition coefficient (Wildman–Crippen LogP) is 0.895. The number of likely N-dealkylation sites (N-methyl/N-ethyl adjacent to an activating group) is 1. The lowest BCUT2D eigenvalue weighted by atomic mass is 10.1. The second-order valence-electron chi connectivity index (χ2n) is 6.04. The molecule has 1 aliphatic heterocycles. The molecule has 2 amide bonds. The van der Waals surface area contributed by atoms with Crippen LogP contribution in [-0.4, -0.2) is 61.9 Å². The summed E-state index contributed by atoms with van der Waals surface area (Å²) in [7, 11) is 3.58. The topological polar surface area (TPSA) is 52.7 Å². The van der Waals surface area contributed by atoms with Crippen molar-refractivity contribution in [2.24, 2.45) is 5.92 Å². The Hall–Kier alpha value is -1.95. The number of halogens is 1. The molecule has 6 heteroatoms. The minimum atomic E-state index is -0.274. The van der Waals surface area contributed by atoms with E-state index in [-0.39, 0.29) is 23.5 Å². The number of nitrogens with one attached hydrogen (secondary N) is 1. The maximum absolute atomic E-state index is 12.9. The van der Waals surface area contributed by atoms with Crippen LogP contribution in [-0.2, 0) is 16.0 Å². The monoisotopic (exact) mass is 321 g/mol. The largest absolute Gasteiger partial charge is 0.359 e. The SMILES string of the molecule is CNC(=O)[C@@H]1CN(C)CCN(C(=O)CCc2ccc(F)cc2)C1. The molecular formula is C17H24FN3O2. The van der Waals surface area contributed by atoms with E-state index in [9.17, 15) is 14.0 Å². The first-order valence-electron chi connectivity index (χ1n) is 7.92. The van der Waals surface area contributed by atoms with E-state index < -0.39 is 0 Å². The molecule has 0 spiro atoms. The summed E-state index contributed by atoms with van der Waals surface area (Å²) in [6, 6.07) is 6.21. The van der Waals surface area contributed by atoms with Crippen LogP contribution < -0.4 is 5.32 Å². The van der Waals surface area contributed by atoms with Crippen LogP contribution in [0.25, 0.3) is 0 Å². The van der Waals surface area contributed by atoms with Gasteiger partial charge in [0.25, 0.3) is 0 Å². The third-order valence-corrected chi connectivity index (χ3v) is 4.24. The Balaban J connectivity index is 1.94. The molecule has 0 bridgehead atoms. The van der Waals surface area contributed by atoms with Crippen LogP contribution in [0.5, 0.6) is 0 Å². The Bertz CT molecular complexity index is 547. The smallest absolute Gasteiger partial charge is 0.225 e. The second-order valence-corrected chi connectivity index (χ2v) is 6.04. The molecule has 1 heterocycles. The molecule has 1 aromatic carbocycles. The zero-order chi connectivity index (χ0) is 16.8. The zero-order valence-electron chi connectivity index (χ0n) is 13.7. The molecule has 0 saturated carbocycles. The first-order valence-corrected chi connectivity index (χ1v) is 7.92. The number of aryl methyl sites for hydroxylation is 1. The van der Waals surface area contributed by atoms with Gasteiger partial charge in [-0.1, -0.05) is 12.1 Å². The van der Waals surface area contributed by atoms with Crippen LogP contribution >= 0.6 is 0 Å². The number of carbonyl (C=O) groups is 2. The van der Waals surface area contributed by atoms with Crippen LogP contribution in [0.1, 0.15) is 12.0 Å². The minimum absolute atomic E-state index is 0.0323. The number of rotatable bonds is 4. The van der Waals surface area contributed by atoms with Crippen molar-refractivity contribution in [1.29, 1.82) is 0 Å². The van der Waals surface area contributed by atoms with Crippen LogP contribution in [0.4, 0.5) is 4.39 Å². The highest BCUT2D eigenvalue weighted by Crippen LogP contribution is 2.12. The highest BCUT2D eigenvalue weighted by molar-refractivity contribution is 5.81. The molecule has 1 aliphatic rings. The van der Waals surface area contributed by atoms with Gasteiger partial charge in [-0.15, -0.1) is 0 Å². The van der Waals surface area contributed by atoms with E-state index >= 15 is 0 Å². The highest BCUT2D eigenvalue weighted by atomic mass is 19.1. The third kappa shape index (κ3) is 5.03. The van der Waals surface area contributed by atoms with Gasteiger partial charge in [-0.05, 0) is 31.2 Å². The van der Waals surface area contributed by atoms with Gasteiger partial charge < -0.3 is 15.1 Å². The van der Waals surface area contributed by atoms with E-state index in [1.165, 1.54) is 12.1 Å². The van der Waals surface area contributed by atoms with E-state index in [0.29, 0.717) is 32.5 Å². The number of nitrogens with zero attached hydrogens (tertiary/aromatic N) is 2. The van der Waals surface area contributed by atoms with E-state index in [4.69, 9.17) is 0 Å². The average molecular weight is 321 g/mol. The first kappa shape index (κ1) is 17.4. The molecule has 1 atom stereocenters. The van der Waals surface area contributed by atoms with Crippen LogP contribution in [0, 0.1) is 11.7 Å². The van der Waals surface area contributed by atoms with E-state index in [1.807, 2.05) is 7.05 Å². The molecule has 2 rings (SSSR count). The van der Waals surface area contributed by atoms with Crippen molar-refractivity contribution in [1.82, 2.24) is 15.1 Å². The van der Waals surface area contributed by atoms with Crippen molar-refractivity contribution in [2.45, 2.75) is 12.8 Å². The van der Waals surface area contributed by atoms with Crippen molar-refractivity contribution >= 4 is 11.8 Å². The molecule has 1 saturated heterocycles. The summed E-state index contributed by atoms with van der Waals surface area (Å²) in [6.07, 6.45) is 0.950. The van der Waals surface area contributed by atoms with Crippen LogP contribution in [0.15, 0.2) is 24.3 Å². The van der Waals surface area contributed by atoms with Gasteiger partial charge in [-0.3, -0.25) is 9.59 Å². The number of carbonyl (C=O) groups excluding carboxylic acids is 2. The Labute approximate surface area is 136 Å². The number of hydrogen-bond acceptors (Lipinski definition) is 3. The lowest BCUT2D eigenvalue weighted by Crippen LogP contribution is -2.41. The van der Waals surface area contributed by atoms with Gasteiger partial charge in [0.15, 0.2) is 0 Å². The lowest BCUT2D eigenvalue weighted by Gasteiger charge is -2.23. The molecule has 5 nitrogen and oxygen atoms in total. The Morgan fingerprint density at radius 3 is 2.57 bits per heavy atom. The van der Waals surface area contributed by atoms with Crippen molar-refractivity contribution < 1.29 is 14.0 Å². The summed E-state index contributed by atoms with van der Waals surface area (Å²) in [6.45, 7) is 2.50. The van der Waals surface area contributed by atoms with Crippen LogP contribution in [0.2, 0.25) is 0 Å². The Morgan fingerprint density at radius 1 is 1.22 bits per heavy atom. The van der Waals surface area contributed by atoms with Gasteiger partial charge in [-0.2, -0.15) is 0 Å². The van der Waals surface area contributed by atoms with Crippen molar-refractivity contribution in [3.63, 3.8) is 0 Å². The summed E-state index contributed by atoms with van der Waals surface area (Å²) in [4.78, 5) is 28.2. The summed E-state index contributed by atoms with van der Waals surface area (Å²) >= 11 is 0. The van der Waals surface area contributed by atoms with Crippen molar-refractivity contribution in [2.75, 3.05) is 40.3 Å². The Kier molecular flexibility index (Phi) is 6.10. The normalized spacial score (nSPS) is 19.3. The van der Waals surface area contributed by atoms with E-state index in [2.05, 4.69) is 10.2 Å². The fraction of sp³-hybridized carbons (Fsp3) is 0.529. The summed E-state index contributed by atoms with van der Waals surface area (Å²) in [5.74, 6) is -0.472. The summed E-state index contributed by atoms with van der Waals surface area (Å²) in [5, 5.41) is 2.67. The maximum atomic E-state index is 12.9. The first-order chi connectivity index (χ1) is 11.0. The molecule has 126 valence electrons. The van der Waals surface area contributed by atoms with Gasteiger partial charge in [0.2, 0.25) is 11.8 Å². The molecule has 23 heavy (non-hydrogen) atoms. The molecule has 0 radical (unpaired) electrons. The second kappa shape index (κ2) is 8.06. The third-order valence-electron chi connectivity index (χ3n) is 4.24. The lowest BCUT2D eigenvalue weighted by molar-refractivity contribution is -0.132. The van der Waals surface area contributed by atoms with E-state index in [0.717, 1.165) is 12.1 Å². The molecule has 1 N–H and O–H groups in total. The number of amides is 2. The summed E-state index contributed by atoms with van der Waals surface area (Å²) < 4.78 is 12.9. The maximum Gasteiger partial charge on any atom is 0.225 e. The fourth-order valence-electron chi connectivity index (χ4n) is 2.83. The molecule has 0 unspecified atom stereocenters. The number of benzene rings is 1. The van der Waals surface area contributed by atoms with Gasteiger partial charge in [0, 0.05) is 39.6 Å². The molecule has 1 fully saturated rings.